The summed E-state index contributed by atoms with van der Waals surface area (Å²) in [5, 5.41) is 0. The van der Waals surface area contributed by atoms with Gasteiger partial charge in [-0.25, -0.2) is 0 Å². The van der Waals surface area contributed by atoms with Gasteiger partial charge < -0.3 is 9.47 Å². The molecule has 4 nitrogen and oxygen atoms in total. The SMILES string of the molecule is CCC(c1ccc(Oc2cccc(C=O)c2)cc1)c1ccc(Oc2cccc(C=O)c2)cc1. The lowest BCUT2D eigenvalue weighted by Gasteiger charge is -2.17. The molecule has 0 saturated heterocycles. The van der Waals surface area contributed by atoms with Crippen molar-refractivity contribution in [2.45, 2.75) is 19.3 Å². The second-order valence-electron chi connectivity index (χ2n) is 7.68. The zero-order chi connectivity index (χ0) is 23.0. The largest absolute Gasteiger partial charge is 0.457 e. The van der Waals surface area contributed by atoms with E-state index in [1.54, 1.807) is 36.4 Å². The Morgan fingerprint density at radius 1 is 0.606 bits per heavy atom. The summed E-state index contributed by atoms with van der Waals surface area (Å²) in [7, 11) is 0. The van der Waals surface area contributed by atoms with Gasteiger partial charge in [-0.05, 0) is 66.1 Å². The molecule has 0 atom stereocenters. The van der Waals surface area contributed by atoms with Gasteiger partial charge in [0.25, 0.3) is 0 Å². The van der Waals surface area contributed by atoms with Crippen LogP contribution in [0.15, 0.2) is 97.1 Å². The number of carbonyl (C=O) groups is 2. The monoisotopic (exact) mass is 436 g/mol. The molecule has 4 aromatic carbocycles. The molecular weight excluding hydrogens is 412 g/mol. The van der Waals surface area contributed by atoms with E-state index < -0.39 is 0 Å². The lowest BCUT2D eigenvalue weighted by molar-refractivity contribution is 0.111. The Hall–Kier alpha value is -4.18. The molecule has 0 aromatic heterocycles. The van der Waals surface area contributed by atoms with Gasteiger partial charge in [-0.3, -0.25) is 9.59 Å². The molecule has 4 heteroatoms. The van der Waals surface area contributed by atoms with Gasteiger partial charge in [0.1, 0.15) is 35.6 Å². The van der Waals surface area contributed by atoms with E-state index in [0.29, 0.717) is 22.6 Å². The van der Waals surface area contributed by atoms with Crippen LogP contribution in [0.5, 0.6) is 23.0 Å². The maximum Gasteiger partial charge on any atom is 0.150 e. The summed E-state index contributed by atoms with van der Waals surface area (Å²) >= 11 is 0. The van der Waals surface area contributed by atoms with Crippen LogP contribution in [0.25, 0.3) is 0 Å². The number of hydrogen-bond donors (Lipinski definition) is 0. The average Bonchev–Trinajstić information content (AvgIpc) is 2.87. The molecule has 0 saturated carbocycles. The lowest BCUT2D eigenvalue weighted by Crippen LogP contribution is -2.00. The number of rotatable bonds is 9. The van der Waals surface area contributed by atoms with Crippen molar-refractivity contribution in [2.75, 3.05) is 0 Å². The topological polar surface area (TPSA) is 52.6 Å². The molecule has 0 heterocycles. The second-order valence-corrected chi connectivity index (χ2v) is 7.68. The highest BCUT2D eigenvalue weighted by atomic mass is 16.5. The van der Waals surface area contributed by atoms with E-state index in [9.17, 15) is 9.59 Å². The highest BCUT2D eigenvalue weighted by molar-refractivity contribution is 5.76. The molecule has 0 spiro atoms. The highest BCUT2D eigenvalue weighted by Crippen LogP contribution is 2.32. The molecule has 0 bridgehead atoms. The molecule has 0 aliphatic carbocycles. The molecule has 4 aromatic rings. The molecule has 0 amide bonds. The van der Waals surface area contributed by atoms with E-state index in [1.165, 1.54) is 11.1 Å². The molecule has 33 heavy (non-hydrogen) atoms. The van der Waals surface area contributed by atoms with E-state index in [-0.39, 0.29) is 5.92 Å². The van der Waals surface area contributed by atoms with Gasteiger partial charge in [0.05, 0.1) is 0 Å². The summed E-state index contributed by atoms with van der Waals surface area (Å²) in [4.78, 5) is 21.9. The van der Waals surface area contributed by atoms with Gasteiger partial charge in [0.15, 0.2) is 0 Å². The average molecular weight is 437 g/mol. The number of carbonyl (C=O) groups excluding carboxylic acids is 2. The van der Waals surface area contributed by atoms with E-state index >= 15 is 0 Å². The Bertz CT molecular complexity index is 1130. The third kappa shape index (κ3) is 5.55. The van der Waals surface area contributed by atoms with Gasteiger partial charge in [-0.15, -0.1) is 0 Å². The van der Waals surface area contributed by atoms with E-state index in [1.807, 2.05) is 36.4 Å². The third-order valence-electron chi connectivity index (χ3n) is 5.43. The van der Waals surface area contributed by atoms with Gasteiger partial charge >= 0.3 is 0 Å². The lowest BCUT2D eigenvalue weighted by atomic mass is 9.89. The number of hydrogen-bond acceptors (Lipinski definition) is 4. The second kappa shape index (κ2) is 10.4. The summed E-state index contributed by atoms with van der Waals surface area (Å²) in [5.74, 6) is 2.95. The number of aldehydes is 2. The fraction of sp³-hybridized carbons (Fsp3) is 0.103. The Balaban J connectivity index is 1.46. The normalized spacial score (nSPS) is 10.6. The molecule has 0 unspecified atom stereocenters. The minimum atomic E-state index is 0.241. The number of benzene rings is 4. The molecule has 0 radical (unpaired) electrons. The van der Waals surface area contributed by atoms with E-state index in [4.69, 9.17) is 9.47 Å². The van der Waals surface area contributed by atoms with Crippen molar-refractivity contribution in [1.82, 2.24) is 0 Å². The van der Waals surface area contributed by atoms with Crippen LogP contribution < -0.4 is 9.47 Å². The fourth-order valence-corrected chi connectivity index (χ4v) is 3.78. The first kappa shape index (κ1) is 22.0. The van der Waals surface area contributed by atoms with Gasteiger partial charge in [0.2, 0.25) is 0 Å². The molecular formula is C29H24O4. The van der Waals surface area contributed by atoms with Crippen molar-refractivity contribution in [1.29, 1.82) is 0 Å². The van der Waals surface area contributed by atoms with Crippen molar-refractivity contribution >= 4 is 12.6 Å². The van der Waals surface area contributed by atoms with Crippen molar-refractivity contribution in [2.24, 2.45) is 0 Å². The molecule has 0 aliphatic rings. The molecule has 0 N–H and O–H groups in total. The minimum Gasteiger partial charge on any atom is -0.457 e. The highest BCUT2D eigenvalue weighted by Gasteiger charge is 2.13. The maximum atomic E-state index is 11.0. The molecule has 0 aliphatic heterocycles. The Morgan fingerprint density at radius 2 is 1.03 bits per heavy atom. The Kier molecular flexibility index (Phi) is 6.96. The smallest absolute Gasteiger partial charge is 0.150 e. The molecule has 0 fully saturated rings. The predicted octanol–water partition coefficient (Wildman–Crippen LogP) is 7.44. The van der Waals surface area contributed by atoms with Crippen LogP contribution in [0.4, 0.5) is 0 Å². The first-order chi connectivity index (χ1) is 16.2. The first-order valence-electron chi connectivity index (χ1n) is 10.8. The van der Waals surface area contributed by atoms with Crippen LogP contribution >= 0.6 is 0 Å². The van der Waals surface area contributed by atoms with Crippen LogP contribution in [0, 0.1) is 0 Å². The van der Waals surface area contributed by atoms with Crippen LogP contribution in [0.1, 0.15) is 51.1 Å². The van der Waals surface area contributed by atoms with Crippen LogP contribution in [-0.2, 0) is 0 Å². The maximum absolute atomic E-state index is 11.0. The number of ether oxygens (including phenoxy) is 2. The van der Waals surface area contributed by atoms with Crippen LogP contribution in [0.2, 0.25) is 0 Å². The quantitative estimate of drug-likeness (QED) is 0.256. The van der Waals surface area contributed by atoms with Crippen molar-refractivity contribution in [3.05, 3.63) is 119 Å². The Morgan fingerprint density at radius 3 is 1.39 bits per heavy atom. The minimum absolute atomic E-state index is 0.241. The summed E-state index contributed by atoms with van der Waals surface area (Å²) < 4.78 is 11.8. The fourth-order valence-electron chi connectivity index (χ4n) is 3.78. The third-order valence-corrected chi connectivity index (χ3v) is 5.43. The first-order valence-corrected chi connectivity index (χ1v) is 10.8. The van der Waals surface area contributed by atoms with E-state index in [2.05, 4.69) is 31.2 Å². The van der Waals surface area contributed by atoms with Crippen molar-refractivity contribution < 1.29 is 19.1 Å². The summed E-state index contributed by atoms with van der Waals surface area (Å²) in [6.45, 7) is 2.16. The van der Waals surface area contributed by atoms with Gasteiger partial charge in [0, 0.05) is 17.0 Å². The predicted molar refractivity (Wildman–Crippen MR) is 129 cm³/mol. The van der Waals surface area contributed by atoms with Gasteiger partial charge in [-0.1, -0.05) is 55.5 Å². The van der Waals surface area contributed by atoms with Crippen LogP contribution in [0.3, 0.4) is 0 Å². The summed E-state index contributed by atoms with van der Waals surface area (Å²) in [5.41, 5.74) is 3.55. The van der Waals surface area contributed by atoms with E-state index in [0.717, 1.165) is 30.5 Å². The Labute approximate surface area is 193 Å². The van der Waals surface area contributed by atoms with Crippen LogP contribution in [-0.4, -0.2) is 12.6 Å². The zero-order valence-electron chi connectivity index (χ0n) is 18.3. The summed E-state index contributed by atoms with van der Waals surface area (Å²) in [6.07, 6.45) is 2.56. The summed E-state index contributed by atoms with van der Waals surface area (Å²) in [6, 6.07) is 30.3. The molecule has 4 rings (SSSR count). The zero-order valence-corrected chi connectivity index (χ0v) is 18.3. The van der Waals surface area contributed by atoms with Gasteiger partial charge in [-0.2, -0.15) is 0 Å². The molecule has 164 valence electrons. The standard InChI is InChI=1S/C29H24O4/c1-2-29(23-9-13-25(14-10-23)32-27-7-3-5-21(17-27)19-30)24-11-15-26(16-12-24)33-28-8-4-6-22(18-28)20-31/h3-20,29H,2H2,1H3. The van der Waals surface area contributed by atoms with Crippen molar-refractivity contribution in [3.63, 3.8) is 0 Å². The van der Waals surface area contributed by atoms with Crippen molar-refractivity contribution in [3.8, 4) is 23.0 Å².